The SMILES string of the molecule is CCOC(=O)[C@](CC)(CCOCCOCCOCCNC(=O)OC(C)(C)C)NC(=O)c1ccc(N2CC(OC)C2)c(OC[C@H]2C[C@@H]2CO)n1. The Bertz CT molecular complexity index is 1190. The standard InChI is InChI=1S/C34H56N4O11/c1-7-34(31(41)47-8-2,11-13-44-15-17-46-18-16-45-14-12-35-32(42)49-33(3,4)5)37-29(40)27-9-10-28(38-20-26(21-38)43-6)30(36-27)48-23-25-19-24(25)22-39/h9-10,24-26,39H,7-8,11-23H2,1-6H3,(H,35,42)(H,37,40)/t24-,25-,34+/m1/s1. The van der Waals surface area contributed by atoms with Gasteiger partial charge < -0.3 is 53.8 Å². The molecule has 3 rings (SSSR count). The van der Waals surface area contributed by atoms with E-state index in [4.69, 9.17) is 33.2 Å². The molecule has 1 saturated heterocycles. The predicted octanol–water partition coefficient (Wildman–Crippen LogP) is 2.33. The molecule has 1 aromatic heterocycles. The Hall–Kier alpha value is -3.24. The number of rotatable bonds is 23. The van der Waals surface area contributed by atoms with Crippen molar-refractivity contribution in [3.63, 3.8) is 0 Å². The van der Waals surface area contributed by atoms with E-state index in [1.54, 1.807) is 53.9 Å². The van der Waals surface area contributed by atoms with Gasteiger partial charge in [0.15, 0.2) is 0 Å². The van der Waals surface area contributed by atoms with Gasteiger partial charge in [-0.05, 0) is 64.5 Å². The monoisotopic (exact) mass is 696 g/mol. The number of carbonyl (C=O) groups is 3. The predicted molar refractivity (Wildman–Crippen MR) is 180 cm³/mol. The van der Waals surface area contributed by atoms with Crippen LogP contribution in [-0.4, -0.2) is 132 Å². The van der Waals surface area contributed by atoms with Crippen molar-refractivity contribution >= 4 is 23.7 Å². The zero-order valence-corrected chi connectivity index (χ0v) is 29.9. The van der Waals surface area contributed by atoms with Crippen molar-refractivity contribution in [1.29, 1.82) is 0 Å². The van der Waals surface area contributed by atoms with Gasteiger partial charge >= 0.3 is 12.1 Å². The van der Waals surface area contributed by atoms with Crippen LogP contribution in [0.2, 0.25) is 0 Å². The Kier molecular flexibility index (Phi) is 16.3. The number of hydrogen-bond acceptors (Lipinski definition) is 13. The van der Waals surface area contributed by atoms with Crippen molar-refractivity contribution in [3.8, 4) is 5.88 Å². The number of aromatic nitrogens is 1. The largest absolute Gasteiger partial charge is 0.476 e. The molecule has 2 amide bonds. The number of ether oxygens (including phenoxy) is 7. The molecule has 2 aliphatic rings. The molecule has 15 nitrogen and oxygen atoms in total. The second-order valence-corrected chi connectivity index (χ2v) is 13.2. The molecule has 0 radical (unpaired) electrons. The summed E-state index contributed by atoms with van der Waals surface area (Å²) in [7, 11) is 1.67. The van der Waals surface area contributed by atoms with Crippen molar-refractivity contribution in [1.82, 2.24) is 15.6 Å². The average Bonchev–Trinajstić information content (AvgIpc) is 3.81. The summed E-state index contributed by atoms with van der Waals surface area (Å²) < 4.78 is 38.7. The highest BCUT2D eigenvalue weighted by atomic mass is 16.6. The number of aliphatic hydroxyl groups excluding tert-OH is 1. The van der Waals surface area contributed by atoms with E-state index < -0.39 is 29.1 Å². The molecule has 1 saturated carbocycles. The van der Waals surface area contributed by atoms with Gasteiger partial charge in [0.05, 0.1) is 52.4 Å². The van der Waals surface area contributed by atoms with Crippen molar-refractivity contribution in [2.45, 2.75) is 71.1 Å². The third-order valence-electron chi connectivity index (χ3n) is 8.29. The minimum atomic E-state index is -1.33. The Morgan fingerprint density at radius 2 is 1.65 bits per heavy atom. The second-order valence-electron chi connectivity index (χ2n) is 13.2. The summed E-state index contributed by atoms with van der Waals surface area (Å²) in [4.78, 5) is 45.0. The lowest BCUT2D eigenvalue weighted by molar-refractivity contribution is -0.152. The minimum Gasteiger partial charge on any atom is -0.476 e. The molecule has 2 heterocycles. The highest BCUT2D eigenvalue weighted by Gasteiger charge is 2.41. The summed E-state index contributed by atoms with van der Waals surface area (Å²) in [5.74, 6) is -0.285. The number of methoxy groups -OCH3 is 1. The molecule has 1 aromatic rings. The highest BCUT2D eigenvalue weighted by molar-refractivity contribution is 5.97. The summed E-state index contributed by atoms with van der Waals surface area (Å²) in [5, 5.41) is 14.9. The van der Waals surface area contributed by atoms with Gasteiger partial charge in [0.1, 0.15) is 22.5 Å². The molecule has 15 heteroatoms. The number of carbonyl (C=O) groups excluding carboxylic acids is 3. The quantitative estimate of drug-likeness (QED) is 0.112. The first-order valence-corrected chi connectivity index (χ1v) is 17.2. The fraction of sp³-hybridized carbons (Fsp3) is 0.765. The van der Waals surface area contributed by atoms with Crippen LogP contribution in [0.4, 0.5) is 10.5 Å². The number of hydrogen-bond donors (Lipinski definition) is 3. The van der Waals surface area contributed by atoms with Crippen molar-refractivity contribution in [2.75, 3.05) is 91.1 Å². The number of nitrogens with zero attached hydrogens (tertiary/aromatic N) is 2. The van der Waals surface area contributed by atoms with E-state index in [-0.39, 0.29) is 62.9 Å². The second kappa shape index (κ2) is 19.8. The van der Waals surface area contributed by atoms with Crippen molar-refractivity contribution in [3.05, 3.63) is 17.8 Å². The number of esters is 1. The normalized spacial score (nSPS) is 18.6. The number of aliphatic hydroxyl groups is 1. The Labute approximate surface area is 289 Å². The molecule has 49 heavy (non-hydrogen) atoms. The minimum absolute atomic E-state index is 0.108. The van der Waals surface area contributed by atoms with Crippen LogP contribution in [-0.2, 0) is 33.2 Å². The van der Waals surface area contributed by atoms with Gasteiger partial charge in [0.2, 0.25) is 5.88 Å². The summed E-state index contributed by atoms with van der Waals surface area (Å²) in [6.45, 7) is 13.0. The van der Waals surface area contributed by atoms with E-state index in [0.717, 1.165) is 12.1 Å². The fourth-order valence-corrected chi connectivity index (χ4v) is 5.12. The van der Waals surface area contributed by atoms with Crippen LogP contribution in [0.15, 0.2) is 12.1 Å². The van der Waals surface area contributed by atoms with E-state index in [9.17, 15) is 19.5 Å². The Morgan fingerprint density at radius 3 is 2.24 bits per heavy atom. The van der Waals surface area contributed by atoms with E-state index in [0.29, 0.717) is 58.5 Å². The first-order chi connectivity index (χ1) is 23.4. The molecule has 1 aliphatic carbocycles. The van der Waals surface area contributed by atoms with Crippen LogP contribution in [0.3, 0.4) is 0 Å². The zero-order chi connectivity index (χ0) is 35.9. The first-order valence-electron chi connectivity index (χ1n) is 17.2. The lowest BCUT2D eigenvalue weighted by Gasteiger charge is -2.40. The lowest BCUT2D eigenvalue weighted by atomic mass is 9.92. The third kappa shape index (κ3) is 13.2. The molecule has 0 unspecified atom stereocenters. The maximum absolute atomic E-state index is 13.6. The van der Waals surface area contributed by atoms with E-state index >= 15 is 0 Å². The van der Waals surface area contributed by atoms with Crippen LogP contribution < -0.4 is 20.3 Å². The van der Waals surface area contributed by atoms with Gasteiger partial charge in [-0.15, -0.1) is 0 Å². The summed E-state index contributed by atoms with van der Waals surface area (Å²) in [6.07, 6.45) is 0.963. The summed E-state index contributed by atoms with van der Waals surface area (Å²) >= 11 is 0. The van der Waals surface area contributed by atoms with E-state index in [2.05, 4.69) is 20.5 Å². The number of nitrogens with one attached hydrogen (secondary N) is 2. The van der Waals surface area contributed by atoms with E-state index in [1.807, 2.05) is 0 Å². The smallest absolute Gasteiger partial charge is 0.407 e. The van der Waals surface area contributed by atoms with Crippen molar-refractivity contribution < 1.29 is 52.6 Å². The molecular formula is C34H56N4O11. The van der Waals surface area contributed by atoms with Gasteiger partial charge in [-0.3, -0.25) is 4.79 Å². The van der Waals surface area contributed by atoms with Crippen LogP contribution in [0, 0.1) is 11.8 Å². The summed E-state index contributed by atoms with van der Waals surface area (Å²) in [6, 6.07) is 3.42. The van der Waals surface area contributed by atoms with Crippen LogP contribution >= 0.6 is 0 Å². The summed E-state index contributed by atoms with van der Waals surface area (Å²) in [5.41, 5.74) is -1.02. The third-order valence-corrected chi connectivity index (χ3v) is 8.29. The molecule has 278 valence electrons. The van der Waals surface area contributed by atoms with Crippen molar-refractivity contribution in [2.24, 2.45) is 11.8 Å². The van der Waals surface area contributed by atoms with Gasteiger partial charge in [0.25, 0.3) is 5.91 Å². The highest BCUT2D eigenvalue weighted by Crippen LogP contribution is 2.39. The van der Waals surface area contributed by atoms with Gasteiger partial charge in [-0.2, -0.15) is 0 Å². The number of pyridine rings is 1. The van der Waals surface area contributed by atoms with Crippen LogP contribution in [0.5, 0.6) is 5.88 Å². The first kappa shape index (κ1) is 40.2. The topological polar surface area (TPSA) is 176 Å². The molecule has 3 N–H and O–H groups in total. The fourth-order valence-electron chi connectivity index (χ4n) is 5.12. The number of amides is 2. The lowest BCUT2D eigenvalue weighted by Crippen LogP contribution is -2.55. The molecule has 1 aliphatic heterocycles. The van der Waals surface area contributed by atoms with E-state index in [1.165, 1.54) is 0 Å². The molecule has 2 fully saturated rings. The van der Waals surface area contributed by atoms with Crippen LogP contribution in [0.25, 0.3) is 0 Å². The maximum Gasteiger partial charge on any atom is 0.407 e. The molecule has 3 atom stereocenters. The Balaban J connectivity index is 1.47. The Morgan fingerprint density at radius 1 is 0.980 bits per heavy atom. The maximum atomic E-state index is 13.6. The van der Waals surface area contributed by atoms with Gasteiger partial charge in [-0.25, -0.2) is 14.6 Å². The molecule has 0 aromatic carbocycles. The number of anilines is 1. The average molecular weight is 697 g/mol. The zero-order valence-electron chi connectivity index (χ0n) is 29.9. The van der Waals surface area contributed by atoms with Gasteiger partial charge in [0, 0.05) is 46.4 Å². The number of alkyl carbamates (subject to hydrolysis) is 1. The molecule has 0 spiro atoms. The van der Waals surface area contributed by atoms with Crippen LogP contribution in [0.1, 0.15) is 64.4 Å². The molecule has 0 bridgehead atoms. The van der Waals surface area contributed by atoms with Gasteiger partial charge in [-0.1, -0.05) is 6.92 Å². The molecular weight excluding hydrogens is 640 g/mol.